The molecule has 17 heteroatoms. The number of halogens is 2. The minimum absolute atomic E-state index is 0.0240. The summed E-state index contributed by atoms with van der Waals surface area (Å²) in [6.07, 6.45) is 0. The molecular weight excluding hydrogens is 499 g/mol. The largest absolute Gasteiger partial charge is 0.408 e. The van der Waals surface area contributed by atoms with Crippen molar-refractivity contribution in [2.24, 2.45) is 0 Å². The van der Waals surface area contributed by atoms with Gasteiger partial charge in [0.15, 0.2) is 10.8 Å². The van der Waals surface area contributed by atoms with Crippen molar-refractivity contribution in [2.45, 2.75) is 13.5 Å². The number of nitrogens with one attached hydrogen (secondary N) is 2. The van der Waals surface area contributed by atoms with Gasteiger partial charge in [0.1, 0.15) is 6.54 Å². The highest BCUT2D eigenvalue weighted by Crippen LogP contribution is 2.26. The SMILES string of the molecule is Cc1c(Cl)c([N+](=O)[O-])nn1Cc1noc(C(=O)NCCNC(=O)c2cc([N+](=O)[O-])ccc2Cl)n1. The Hall–Kier alpha value is -4.11. The molecule has 0 fully saturated rings. The second-order valence-electron chi connectivity index (χ2n) is 6.59. The summed E-state index contributed by atoms with van der Waals surface area (Å²) in [7, 11) is 0. The maximum Gasteiger partial charge on any atom is 0.408 e. The van der Waals surface area contributed by atoms with Crippen molar-refractivity contribution in [3.05, 3.63) is 71.4 Å². The van der Waals surface area contributed by atoms with Gasteiger partial charge in [-0.25, -0.2) is 0 Å². The van der Waals surface area contributed by atoms with Gasteiger partial charge >= 0.3 is 17.6 Å². The Kier molecular flexibility index (Phi) is 7.37. The van der Waals surface area contributed by atoms with Crippen molar-refractivity contribution >= 4 is 46.5 Å². The fraction of sp³-hybridized carbons (Fsp3) is 0.235. The molecule has 15 nitrogen and oxygen atoms in total. The Balaban J connectivity index is 1.53. The summed E-state index contributed by atoms with van der Waals surface area (Å²) in [5.74, 6) is -2.27. The van der Waals surface area contributed by atoms with Crippen LogP contribution in [0, 0.1) is 27.2 Å². The summed E-state index contributed by atoms with van der Waals surface area (Å²) >= 11 is 11.8. The summed E-state index contributed by atoms with van der Waals surface area (Å²) < 4.78 is 6.07. The van der Waals surface area contributed by atoms with Crippen LogP contribution in [0.15, 0.2) is 22.7 Å². The fourth-order valence-corrected chi connectivity index (χ4v) is 3.05. The molecule has 0 saturated heterocycles. The maximum atomic E-state index is 12.2. The lowest BCUT2D eigenvalue weighted by Crippen LogP contribution is -2.35. The van der Waals surface area contributed by atoms with Crippen LogP contribution in [0.4, 0.5) is 11.5 Å². The molecule has 0 saturated carbocycles. The Morgan fingerprint density at radius 3 is 2.41 bits per heavy atom. The highest BCUT2D eigenvalue weighted by atomic mass is 35.5. The first-order chi connectivity index (χ1) is 16.1. The third-order valence-corrected chi connectivity index (χ3v) is 5.12. The van der Waals surface area contributed by atoms with E-state index >= 15 is 0 Å². The van der Waals surface area contributed by atoms with Crippen molar-refractivity contribution < 1.29 is 24.0 Å². The topological polar surface area (TPSA) is 201 Å². The molecule has 3 rings (SSSR count). The lowest BCUT2D eigenvalue weighted by molar-refractivity contribution is -0.389. The molecule has 0 aliphatic heterocycles. The molecule has 0 unspecified atom stereocenters. The molecule has 0 aliphatic carbocycles. The smallest absolute Gasteiger partial charge is 0.358 e. The molecule has 2 amide bonds. The number of aromatic nitrogens is 4. The standard InChI is InChI=1S/C17H14Cl2N8O7/c1-8-13(19)14(27(32)33)23-25(8)7-12-22-17(34-24-12)16(29)21-5-4-20-15(28)10-6-9(26(30)31)2-3-11(10)18/h2-3,6H,4-5,7H2,1H3,(H,20,28)(H,21,29). The molecular formula is C17H14Cl2N8O7. The normalized spacial score (nSPS) is 10.7. The highest BCUT2D eigenvalue weighted by molar-refractivity contribution is 6.34. The lowest BCUT2D eigenvalue weighted by Gasteiger charge is -2.07. The van der Waals surface area contributed by atoms with Crippen LogP contribution in [0.25, 0.3) is 0 Å². The molecule has 2 aromatic heterocycles. The highest BCUT2D eigenvalue weighted by Gasteiger charge is 2.25. The van der Waals surface area contributed by atoms with Crippen LogP contribution < -0.4 is 10.6 Å². The van der Waals surface area contributed by atoms with Crippen LogP contribution in [0.1, 0.15) is 32.6 Å². The molecule has 0 bridgehead atoms. The first-order valence-electron chi connectivity index (χ1n) is 9.28. The van der Waals surface area contributed by atoms with Gasteiger partial charge in [0.25, 0.3) is 11.6 Å². The molecule has 34 heavy (non-hydrogen) atoms. The number of carbonyl (C=O) groups is 2. The van der Waals surface area contributed by atoms with Crippen LogP contribution >= 0.6 is 23.2 Å². The van der Waals surface area contributed by atoms with E-state index in [4.69, 9.17) is 27.7 Å². The minimum atomic E-state index is -0.734. The number of non-ortho nitro benzene ring substituents is 1. The zero-order chi connectivity index (χ0) is 25.0. The van der Waals surface area contributed by atoms with E-state index < -0.39 is 27.5 Å². The van der Waals surface area contributed by atoms with E-state index in [0.717, 1.165) is 6.07 Å². The number of carbonyl (C=O) groups excluding carboxylic acids is 2. The maximum absolute atomic E-state index is 12.2. The van der Waals surface area contributed by atoms with Gasteiger partial charge in [0, 0.05) is 25.2 Å². The minimum Gasteiger partial charge on any atom is -0.358 e. The van der Waals surface area contributed by atoms with Crippen LogP contribution in [-0.2, 0) is 6.54 Å². The van der Waals surface area contributed by atoms with Crippen molar-refractivity contribution in [3.8, 4) is 0 Å². The molecule has 178 valence electrons. The Bertz CT molecular complexity index is 1290. The zero-order valence-electron chi connectivity index (χ0n) is 17.2. The van der Waals surface area contributed by atoms with Gasteiger partial charge in [0.05, 0.1) is 26.3 Å². The average molecular weight is 513 g/mol. The van der Waals surface area contributed by atoms with Crippen molar-refractivity contribution in [2.75, 3.05) is 13.1 Å². The van der Waals surface area contributed by atoms with Crippen LogP contribution in [-0.4, -0.2) is 54.7 Å². The predicted molar refractivity (Wildman–Crippen MR) is 115 cm³/mol. The zero-order valence-corrected chi connectivity index (χ0v) is 18.7. The third kappa shape index (κ3) is 5.44. The number of nitro groups is 2. The molecule has 1 aromatic carbocycles. The van der Waals surface area contributed by atoms with Crippen LogP contribution in [0.2, 0.25) is 10.0 Å². The van der Waals surface area contributed by atoms with E-state index in [1.165, 1.54) is 23.7 Å². The number of nitro benzene ring substituents is 1. The van der Waals surface area contributed by atoms with Crippen molar-refractivity contribution in [1.82, 2.24) is 30.6 Å². The molecule has 2 N–H and O–H groups in total. The van der Waals surface area contributed by atoms with E-state index in [0.29, 0.717) is 5.69 Å². The van der Waals surface area contributed by atoms with Crippen molar-refractivity contribution in [3.63, 3.8) is 0 Å². The van der Waals surface area contributed by atoms with E-state index in [1.807, 2.05) is 0 Å². The van der Waals surface area contributed by atoms with Gasteiger partial charge in [-0.3, -0.25) is 19.7 Å². The van der Waals surface area contributed by atoms with E-state index in [-0.39, 0.29) is 52.6 Å². The number of hydrogen-bond donors (Lipinski definition) is 2. The van der Waals surface area contributed by atoms with Gasteiger partial charge in [-0.15, -0.1) is 0 Å². The number of rotatable bonds is 9. The second-order valence-corrected chi connectivity index (χ2v) is 7.37. The summed E-state index contributed by atoms with van der Waals surface area (Å²) in [5.41, 5.74) is -0.0704. The Labute approximate surface area is 199 Å². The molecule has 0 aliphatic rings. The average Bonchev–Trinajstić information content (AvgIpc) is 3.37. The van der Waals surface area contributed by atoms with E-state index in [2.05, 4.69) is 25.9 Å². The molecule has 3 aromatic rings. The van der Waals surface area contributed by atoms with Gasteiger partial charge in [-0.1, -0.05) is 28.4 Å². The molecule has 2 heterocycles. The van der Waals surface area contributed by atoms with Crippen molar-refractivity contribution in [1.29, 1.82) is 0 Å². The first-order valence-corrected chi connectivity index (χ1v) is 10.0. The predicted octanol–water partition coefficient (Wildman–Crippen LogP) is 1.91. The molecule has 0 atom stereocenters. The lowest BCUT2D eigenvalue weighted by atomic mass is 10.2. The van der Waals surface area contributed by atoms with Gasteiger partial charge in [0.2, 0.25) is 0 Å². The Morgan fingerprint density at radius 1 is 1.12 bits per heavy atom. The fourth-order valence-electron chi connectivity index (χ4n) is 2.65. The number of nitrogens with zero attached hydrogens (tertiary/aromatic N) is 6. The molecule has 0 spiro atoms. The summed E-state index contributed by atoms with van der Waals surface area (Å²) in [4.78, 5) is 48.6. The Morgan fingerprint density at radius 2 is 1.79 bits per heavy atom. The number of hydrogen-bond acceptors (Lipinski definition) is 10. The third-order valence-electron chi connectivity index (χ3n) is 4.34. The monoisotopic (exact) mass is 512 g/mol. The summed E-state index contributed by atoms with van der Waals surface area (Å²) in [6, 6.07) is 3.45. The van der Waals surface area contributed by atoms with E-state index in [9.17, 15) is 29.8 Å². The quantitative estimate of drug-likeness (QED) is 0.242. The summed E-state index contributed by atoms with van der Waals surface area (Å²) in [6.45, 7) is 1.33. The van der Waals surface area contributed by atoms with E-state index in [1.54, 1.807) is 0 Å². The van der Waals surface area contributed by atoms with Gasteiger partial charge in [-0.2, -0.15) is 9.67 Å². The number of amides is 2. The van der Waals surface area contributed by atoms with Gasteiger partial charge < -0.3 is 25.3 Å². The first kappa shape index (κ1) is 24.5. The van der Waals surface area contributed by atoms with Gasteiger partial charge in [-0.05, 0) is 17.9 Å². The number of benzene rings is 1. The van der Waals surface area contributed by atoms with Crippen LogP contribution in [0.3, 0.4) is 0 Å². The van der Waals surface area contributed by atoms with Crippen LogP contribution in [0.5, 0.6) is 0 Å². The second kappa shape index (κ2) is 10.2. The molecule has 0 radical (unpaired) electrons. The summed E-state index contributed by atoms with van der Waals surface area (Å²) in [5, 5.41) is 34.0.